The van der Waals surface area contributed by atoms with E-state index < -0.39 is 11.9 Å². The molecular weight excluding hydrogens is 394 g/mol. The minimum absolute atomic E-state index is 0.0623. The molecule has 0 aliphatic heterocycles. The molecule has 4 aliphatic rings. The van der Waals surface area contributed by atoms with E-state index in [0.717, 1.165) is 34.6 Å². The van der Waals surface area contributed by atoms with E-state index >= 15 is 0 Å². The van der Waals surface area contributed by atoms with Crippen LogP contribution < -0.4 is 5.73 Å². The number of hydrogen-bond donors (Lipinski definition) is 1. The van der Waals surface area contributed by atoms with Crippen molar-refractivity contribution in [2.75, 3.05) is 0 Å². The summed E-state index contributed by atoms with van der Waals surface area (Å²) in [5, 5.41) is 0. The maximum atomic E-state index is 12.6. The van der Waals surface area contributed by atoms with Gasteiger partial charge in [0.1, 0.15) is 18.7 Å². The highest BCUT2D eigenvalue weighted by Gasteiger charge is 2.52. The van der Waals surface area contributed by atoms with Gasteiger partial charge in [0.15, 0.2) is 5.76 Å². The molecule has 7 heteroatoms. The number of primary amides is 1. The Morgan fingerprint density at radius 1 is 1.13 bits per heavy atom. The van der Waals surface area contributed by atoms with E-state index in [4.69, 9.17) is 19.9 Å². The van der Waals surface area contributed by atoms with E-state index in [1.165, 1.54) is 50.9 Å². The Labute approximate surface area is 179 Å². The summed E-state index contributed by atoms with van der Waals surface area (Å²) in [5.74, 6) is 1.83. The number of amides is 1. The molecule has 0 atom stereocenters. The summed E-state index contributed by atoms with van der Waals surface area (Å²) in [4.78, 5) is 28.6. The average Bonchev–Trinajstić information content (AvgIpc) is 3.36. The van der Waals surface area contributed by atoms with Crippen LogP contribution in [0.15, 0.2) is 41.0 Å². The van der Waals surface area contributed by atoms with Crippen LogP contribution in [-0.2, 0) is 16.9 Å². The molecule has 0 unspecified atom stereocenters. The lowest BCUT2D eigenvalue weighted by molar-refractivity contribution is -0.0440. The predicted molar refractivity (Wildman–Crippen MR) is 112 cm³/mol. The Kier molecular flexibility index (Phi) is 4.04. The molecule has 0 spiro atoms. The molecule has 4 bridgehead atoms. The van der Waals surface area contributed by atoms with Crippen LogP contribution in [0.5, 0.6) is 0 Å². The highest BCUT2D eigenvalue weighted by Crippen LogP contribution is 2.59. The number of ether oxygens (including phenoxy) is 1. The maximum Gasteiger partial charge on any atom is 0.341 e. The van der Waals surface area contributed by atoms with Crippen LogP contribution in [0.25, 0.3) is 11.0 Å². The number of fused-ring (bicyclic) bond motifs is 1. The second-order valence-electron chi connectivity index (χ2n) is 9.63. The molecule has 7 rings (SSSR count). The molecule has 2 heterocycles. The first kappa shape index (κ1) is 18.7. The molecular formula is C24H25N3O4. The lowest BCUT2D eigenvalue weighted by Crippen LogP contribution is -2.52. The van der Waals surface area contributed by atoms with Crippen LogP contribution in [-0.4, -0.2) is 21.4 Å². The molecule has 4 saturated carbocycles. The smallest absolute Gasteiger partial charge is 0.341 e. The van der Waals surface area contributed by atoms with Crippen molar-refractivity contribution in [3.63, 3.8) is 0 Å². The van der Waals surface area contributed by atoms with Gasteiger partial charge in [0.05, 0.1) is 16.6 Å². The number of para-hydroxylation sites is 2. The van der Waals surface area contributed by atoms with Gasteiger partial charge in [-0.1, -0.05) is 12.1 Å². The molecule has 4 fully saturated rings. The number of nitrogens with zero attached hydrogens (tertiary/aromatic N) is 2. The average molecular weight is 419 g/mol. The third kappa shape index (κ3) is 2.98. The van der Waals surface area contributed by atoms with Gasteiger partial charge in [0.2, 0.25) is 0 Å². The van der Waals surface area contributed by atoms with Crippen molar-refractivity contribution in [3.05, 3.63) is 53.7 Å². The Balaban J connectivity index is 1.34. The highest BCUT2D eigenvalue weighted by molar-refractivity contribution is 5.95. The monoisotopic (exact) mass is 419 g/mol. The van der Waals surface area contributed by atoms with Gasteiger partial charge in [0.25, 0.3) is 5.91 Å². The Bertz CT molecular complexity index is 1160. The maximum absolute atomic E-state index is 12.6. The second-order valence-corrected chi connectivity index (χ2v) is 9.63. The van der Waals surface area contributed by atoms with Crippen LogP contribution in [0.2, 0.25) is 0 Å². The number of imidazole rings is 1. The zero-order valence-electron chi connectivity index (χ0n) is 17.3. The van der Waals surface area contributed by atoms with Crippen molar-refractivity contribution in [1.82, 2.24) is 9.55 Å². The van der Waals surface area contributed by atoms with E-state index in [1.807, 2.05) is 18.2 Å². The second kappa shape index (κ2) is 6.70. The molecule has 1 amide bonds. The molecule has 1 aromatic carbocycles. The first-order valence-corrected chi connectivity index (χ1v) is 11.0. The fourth-order valence-corrected chi connectivity index (χ4v) is 6.83. The van der Waals surface area contributed by atoms with E-state index in [-0.39, 0.29) is 23.5 Å². The van der Waals surface area contributed by atoms with Crippen LogP contribution in [0, 0.1) is 17.8 Å². The SMILES string of the molecule is NC(=O)c1cc(C(=O)OCc2nc3ccccc3n2C23CC4CC(CC(C4)C2)C3)co1. The van der Waals surface area contributed by atoms with Gasteiger partial charge in [-0.3, -0.25) is 4.79 Å². The lowest BCUT2D eigenvalue weighted by atomic mass is 9.53. The van der Waals surface area contributed by atoms with Gasteiger partial charge >= 0.3 is 5.97 Å². The van der Waals surface area contributed by atoms with Gasteiger partial charge in [-0.2, -0.15) is 0 Å². The Morgan fingerprint density at radius 2 is 1.81 bits per heavy atom. The van der Waals surface area contributed by atoms with Crippen molar-refractivity contribution in [2.24, 2.45) is 23.5 Å². The van der Waals surface area contributed by atoms with Crippen LogP contribution in [0.1, 0.15) is 65.3 Å². The summed E-state index contributed by atoms with van der Waals surface area (Å²) >= 11 is 0. The number of esters is 1. The molecule has 4 aliphatic carbocycles. The van der Waals surface area contributed by atoms with E-state index in [0.29, 0.717) is 0 Å². The standard InChI is InChI=1S/C24H25N3O4/c25-22(28)20-8-17(12-30-20)23(29)31-13-21-26-18-3-1-2-4-19(18)27(21)24-9-14-5-15(10-24)7-16(6-14)11-24/h1-4,8,12,14-16H,5-7,9-11,13H2,(H2,25,28). The van der Waals surface area contributed by atoms with E-state index in [9.17, 15) is 9.59 Å². The molecule has 2 aromatic heterocycles. The van der Waals surface area contributed by atoms with Gasteiger partial charge in [-0.05, 0) is 68.4 Å². The summed E-state index contributed by atoms with van der Waals surface area (Å²) in [5.41, 5.74) is 7.50. The topological polar surface area (TPSA) is 100 Å². The van der Waals surface area contributed by atoms with Crippen LogP contribution in [0.3, 0.4) is 0 Å². The minimum atomic E-state index is -0.720. The largest absolute Gasteiger partial charge is 0.458 e. The Morgan fingerprint density at radius 3 is 2.45 bits per heavy atom. The van der Waals surface area contributed by atoms with Crippen molar-refractivity contribution >= 4 is 22.9 Å². The van der Waals surface area contributed by atoms with E-state index in [2.05, 4.69) is 10.6 Å². The van der Waals surface area contributed by atoms with Crippen molar-refractivity contribution in [1.29, 1.82) is 0 Å². The first-order valence-electron chi connectivity index (χ1n) is 11.0. The quantitative estimate of drug-likeness (QED) is 0.630. The number of aromatic nitrogens is 2. The first-order chi connectivity index (χ1) is 15.0. The van der Waals surface area contributed by atoms with Crippen LogP contribution >= 0.6 is 0 Å². The van der Waals surface area contributed by atoms with Gasteiger partial charge in [-0.25, -0.2) is 9.78 Å². The molecule has 3 aromatic rings. The number of hydrogen-bond acceptors (Lipinski definition) is 5. The van der Waals surface area contributed by atoms with Crippen molar-refractivity contribution in [2.45, 2.75) is 50.7 Å². The minimum Gasteiger partial charge on any atom is -0.458 e. The molecule has 31 heavy (non-hydrogen) atoms. The molecule has 7 nitrogen and oxygen atoms in total. The number of furan rings is 1. The lowest BCUT2D eigenvalue weighted by Gasteiger charge is -2.57. The summed E-state index contributed by atoms with van der Waals surface area (Å²) in [6.07, 6.45) is 8.83. The summed E-state index contributed by atoms with van der Waals surface area (Å²) in [7, 11) is 0. The fraction of sp³-hybridized carbons (Fsp3) is 0.458. The number of carbonyl (C=O) groups excluding carboxylic acids is 2. The molecule has 0 radical (unpaired) electrons. The zero-order valence-corrected chi connectivity index (χ0v) is 17.3. The third-order valence-electron chi connectivity index (χ3n) is 7.52. The van der Waals surface area contributed by atoms with E-state index in [1.54, 1.807) is 0 Å². The fourth-order valence-electron chi connectivity index (χ4n) is 6.83. The number of nitrogens with two attached hydrogens (primary N) is 1. The summed E-state index contributed by atoms with van der Waals surface area (Å²) in [6, 6.07) is 9.50. The van der Waals surface area contributed by atoms with Crippen molar-refractivity contribution in [3.8, 4) is 0 Å². The summed E-state index contributed by atoms with van der Waals surface area (Å²) in [6.45, 7) is 0.0757. The number of carbonyl (C=O) groups is 2. The molecule has 160 valence electrons. The van der Waals surface area contributed by atoms with Gasteiger partial charge in [-0.15, -0.1) is 0 Å². The van der Waals surface area contributed by atoms with Gasteiger partial charge in [0, 0.05) is 11.6 Å². The predicted octanol–water partition coefficient (Wildman–Crippen LogP) is 4.01. The zero-order chi connectivity index (χ0) is 21.2. The van der Waals surface area contributed by atoms with Crippen molar-refractivity contribution < 1.29 is 18.7 Å². The summed E-state index contributed by atoms with van der Waals surface area (Å²) < 4.78 is 13.0. The normalized spacial score (nSPS) is 28.8. The number of benzene rings is 1. The third-order valence-corrected chi connectivity index (χ3v) is 7.52. The molecule has 0 saturated heterocycles. The van der Waals surface area contributed by atoms with Gasteiger partial charge < -0.3 is 19.5 Å². The number of rotatable bonds is 5. The Hall–Kier alpha value is -3.09. The molecule has 2 N–H and O–H groups in total. The highest BCUT2D eigenvalue weighted by atomic mass is 16.5. The van der Waals surface area contributed by atoms with Crippen LogP contribution in [0.4, 0.5) is 0 Å².